The number of nitrogens with zero attached hydrogens (tertiary/aromatic N) is 2. The molecule has 0 saturated carbocycles. The zero-order chi connectivity index (χ0) is 22.3. The van der Waals surface area contributed by atoms with Crippen LogP contribution in [0.15, 0.2) is 70.2 Å². The van der Waals surface area contributed by atoms with Gasteiger partial charge in [-0.25, -0.2) is 5.43 Å². The van der Waals surface area contributed by atoms with Crippen molar-refractivity contribution >= 4 is 41.3 Å². The van der Waals surface area contributed by atoms with Gasteiger partial charge in [0.2, 0.25) is 0 Å². The molecule has 3 aromatic rings. The van der Waals surface area contributed by atoms with Crippen LogP contribution in [-0.2, 0) is 4.79 Å². The Morgan fingerprint density at radius 3 is 2.53 bits per heavy atom. The number of nitro groups is 1. The molecule has 0 aliphatic carbocycles. The number of nitro benzene ring substituents is 1. The zero-order valence-electron chi connectivity index (χ0n) is 16.8. The summed E-state index contributed by atoms with van der Waals surface area (Å²) in [5.41, 5.74) is 4.35. The number of rotatable bonds is 8. The van der Waals surface area contributed by atoms with E-state index in [0.29, 0.717) is 27.4 Å². The summed E-state index contributed by atoms with van der Waals surface area (Å²) in [5, 5.41) is 14.6. The molecule has 2 heterocycles. The SMILES string of the molecule is O=C(COc1ccc(C2SCCS2)cc1)N/N=C/c1ccc(-c2ccc([N+](=O)[O-])cc2)o1. The van der Waals surface area contributed by atoms with Crippen molar-refractivity contribution in [3.8, 4) is 17.1 Å². The highest BCUT2D eigenvalue weighted by atomic mass is 32.2. The molecule has 32 heavy (non-hydrogen) atoms. The molecule has 1 amide bonds. The number of ether oxygens (including phenoxy) is 1. The van der Waals surface area contributed by atoms with Gasteiger partial charge in [-0.3, -0.25) is 14.9 Å². The fourth-order valence-corrected chi connectivity index (χ4v) is 5.81. The molecule has 0 radical (unpaired) electrons. The molecule has 1 N–H and O–H groups in total. The lowest BCUT2D eigenvalue weighted by Crippen LogP contribution is -2.24. The predicted octanol–water partition coefficient (Wildman–Crippen LogP) is 4.86. The number of non-ortho nitro benzene ring substituents is 1. The van der Waals surface area contributed by atoms with Crippen LogP contribution in [-0.4, -0.2) is 35.2 Å². The fourth-order valence-electron chi connectivity index (χ4n) is 2.95. The summed E-state index contributed by atoms with van der Waals surface area (Å²) in [6, 6.07) is 17.2. The molecule has 1 saturated heterocycles. The van der Waals surface area contributed by atoms with Crippen LogP contribution in [0.1, 0.15) is 15.9 Å². The highest BCUT2D eigenvalue weighted by molar-refractivity contribution is 8.19. The van der Waals surface area contributed by atoms with E-state index in [2.05, 4.69) is 10.5 Å². The van der Waals surface area contributed by atoms with E-state index >= 15 is 0 Å². The summed E-state index contributed by atoms with van der Waals surface area (Å²) in [5.74, 6) is 3.54. The Balaban J connectivity index is 1.24. The van der Waals surface area contributed by atoms with Crippen molar-refractivity contribution in [3.05, 3.63) is 82.1 Å². The minimum atomic E-state index is -0.458. The molecular weight excluding hydrogens is 450 g/mol. The summed E-state index contributed by atoms with van der Waals surface area (Å²) in [6.45, 7) is -0.157. The van der Waals surface area contributed by atoms with Gasteiger partial charge in [0.15, 0.2) is 6.61 Å². The number of carbonyl (C=O) groups is 1. The molecule has 0 atom stereocenters. The molecule has 8 nitrogen and oxygen atoms in total. The Hall–Kier alpha value is -3.24. The van der Waals surface area contributed by atoms with Crippen molar-refractivity contribution in [3.63, 3.8) is 0 Å². The highest BCUT2D eigenvalue weighted by Crippen LogP contribution is 2.45. The lowest BCUT2D eigenvalue weighted by atomic mass is 10.1. The van der Waals surface area contributed by atoms with Crippen molar-refractivity contribution in [2.75, 3.05) is 18.1 Å². The summed E-state index contributed by atoms with van der Waals surface area (Å²) in [6.07, 6.45) is 1.37. The van der Waals surface area contributed by atoms with Crippen LogP contribution in [0.5, 0.6) is 5.75 Å². The molecule has 1 aliphatic heterocycles. The van der Waals surface area contributed by atoms with Gasteiger partial charge in [-0.1, -0.05) is 12.1 Å². The first-order valence-corrected chi connectivity index (χ1v) is 11.8. The lowest BCUT2D eigenvalue weighted by Gasteiger charge is -2.09. The van der Waals surface area contributed by atoms with Gasteiger partial charge in [-0.05, 0) is 42.0 Å². The number of benzene rings is 2. The molecule has 0 unspecified atom stereocenters. The molecule has 4 rings (SSSR count). The fraction of sp³-hybridized carbons (Fsp3) is 0.182. The number of hydrogen-bond donors (Lipinski definition) is 1. The van der Waals surface area contributed by atoms with Gasteiger partial charge in [0.25, 0.3) is 11.6 Å². The van der Waals surface area contributed by atoms with Crippen molar-refractivity contribution in [1.82, 2.24) is 5.43 Å². The van der Waals surface area contributed by atoms with Crippen LogP contribution < -0.4 is 10.2 Å². The second-order valence-corrected chi connectivity index (χ2v) is 9.45. The number of nitrogens with one attached hydrogen (secondary N) is 1. The van der Waals surface area contributed by atoms with Crippen molar-refractivity contribution < 1.29 is 18.9 Å². The highest BCUT2D eigenvalue weighted by Gasteiger charge is 2.18. The Morgan fingerprint density at radius 2 is 1.84 bits per heavy atom. The number of hydrogen-bond acceptors (Lipinski definition) is 8. The Kier molecular flexibility index (Phi) is 7.13. The standard InChI is InChI=1S/C22H19N3O5S2/c26-21(14-29-18-7-3-16(4-8-18)22-31-11-12-32-22)24-23-13-19-9-10-20(30-19)15-1-5-17(6-2-15)25(27)28/h1-10,13,22H,11-12,14H2,(H,24,26)/b23-13+. The number of amides is 1. The molecule has 1 fully saturated rings. The van der Waals surface area contributed by atoms with Crippen LogP contribution in [0.2, 0.25) is 0 Å². The first kappa shape index (κ1) is 22.0. The number of thioether (sulfide) groups is 2. The number of carbonyl (C=O) groups excluding carboxylic acids is 1. The normalized spacial score (nSPS) is 14.0. The average Bonchev–Trinajstić information content (AvgIpc) is 3.51. The average molecular weight is 470 g/mol. The first-order valence-electron chi connectivity index (χ1n) is 9.71. The number of hydrazone groups is 1. The molecule has 10 heteroatoms. The van der Waals surface area contributed by atoms with Gasteiger partial charge in [-0.15, -0.1) is 23.5 Å². The van der Waals surface area contributed by atoms with Crippen molar-refractivity contribution in [2.45, 2.75) is 4.58 Å². The molecule has 164 valence electrons. The van der Waals surface area contributed by atoms with E-state index in [0.717, 1.165) is 0 Å². The third-order valence-electron chi connectivity index (χ3n) is 4.51. The summed E-state index contributed by atoms with van der Waals surface area (Å²) >= 11 is 3.88. The maximum Gasteiger partial charge on any atom is 0.277 e. The van der Waals surface area contributed by atoms with Crippen LogP contribution in [0.3, 0.4) is 0 Å². The predicted molar refractivity (Wildman–Crippen MR) is 126 cm³/mol. The maximum atomic E-state index is 12.0. The van der Waals surface area contributed by atoms with Crippen LogP contribution in [0.25, 0.3) is 11.3 Å². The first-order chi connectivity index (χ1) is 15.6. The third-order valence-corrected chi connectivity index (χ3v) is 7.62. The molecule has 1 aliphatic rings. The van der Waals surface area contributed by atoms with Gasteiger partial charge in [0, 0.05) is 29.2 Å². The van der Waals surface area contributed by atoms with E-state index in [1.807, 2.05) is 47.8 Å². The molecule has 2 aromatic carbocycles. The van der Waals surface area contributed by atoms with E-state index in [9.17, 15) is 14.9 Å². The number of furan rings is 1. The van der Waals surface area contributed by atoms with Gasteiger partial charge in [0.1, 0.15) is 17.3 Å². The Labute approximate surface area is 192 Å². The van der Waals surface area contributed by atoms with Gasteiger partial charge in [-0.2, -0.15) is 5.10 Å². The van der Waals surface area contributed by atoms with Crippen LogP contribution in [0.4, 0.5) is 5.69 Å². The Bertz CT molecular complexity index is 1110. The Morgan fingerprint density at radius 1 is 1.12 bits per heavy atom. The molecule has 1 aromatic heterocycles. The smallest absolute Gasteiger partial charge is 0.277 e. The van der Waals surface area contributed by atoms with E-state index in [4.69, 9.17) is 9.15 Å². The van der Waals surface area contributed by atoms with Gasteiger partial charge in [0.05, 0.1) is 15.7 Å². The van der Waals surface area contributed by atoms with Gasteiger partial charge < -0.3 is 9.15 Å². The zero-order valence-corrected chi connectivity index (χ0v) is 18.4. The van der Waals surface area contributed by atoms with E-state index < -0.39 is 10.8 Å². The summed E-state index contributed by atoms with van der Waals surface area (Å²) in [7, 11) is 0. The van der Waals surface area contributed by atoms with Gasteiger partial charge >= 0.3 is 0 Å². The third kappa shape index (κ3) is 5.71. The van der Waals surface area contributed by atoms with Crippen molar-refractivity contribution in [2.24, 2.45) is 5.10 Å². The minimum absolute atomic E-state index is 0.00906. The van der Waals surface area contributed by atoms with Crippen molar-refractivity contribution in [1.29, 1.82) is 0 Å². The molecule has 0 spiro atoms. The largest absolute Gasteiger partial charge is 0.484 e. The topological polar surface area (TPSA) is 107 Å². The van der Waals surface area contributed by atoms with Crippen LogP contribution in [0, 0.1) is 10.1 Å². The monoisotopic (exact) mass is 469 g/mol. The minimum Gasteiger partial charge on any atom is -0.484 e. The lowest BCUT2D eigenvalue weighted by molar-refractivity contribution is -0.384. The molecular formula is C22H19N3O5S2. The van der Waals surface area contributed by atoms with E-state index in [1.165, 1.54) is 35.4 Å². The quantitative estimate of drug-likeness (QED) is 0.285. The summed E-state index contributed by atoms with van der Waals surface area (Å²) < 4.78 is 11.6. The second-order valence-electron chi connectivity index (χ2n) is 6.73. The maximum absolute atomic E-state index is 12.0. The molecule has 0 bridgehead atoms. The van der Waals surface area contributed by atoms with Crippen LogP contribution >= 0.6 is 23.5 Å². The summed E-state index contributed by atoms with van der Waals surface area (Å²) in [4.78, 5) is 22.2. The second kappa shape index (κ2) is 10.4. The van der Waals surface area contributed by atoms with E-state index in [1.54, 1.807) is 24.3 Å². The van der Waals surface area contributed by atoms with E-state index in [-0.39, 0.29) is 12.3 Å².